The number of aryl methyl sites for hydroxylation is 1. The van der Waals surface area contributed by atoms with Gasteiger partial charge >= 0.3 is 0 Å². The quantitative estimate of drug-likeness (QED) is 0.297. The summed E-state index contributed by atoms with van der Waals surface area (Å²) in [6, 6.07) is 11.3. The van der Waals surface area contributed by atoms with Crippen molar-refractivity contribution in [1.82, 2.24) is 15.4 Å². The minimum atomic E-state index is -0.222. The molecule has 0 bridgehead atoms. The Labute approximate surface area is 162 Å². The number of para-hydroxylation sites is 1. The van der Waals surface area contributed by atoms with Crippen LogP contribution in [0.1, 0.15) is 12.1 Å². The first kappa shape index (κ1) is 18.3. The second-order valence-electron chi connectivity index (χ2n) is 5.25. The van der Waals surface area contributed by atoms with E-state index in [1.165, 1.54) is 11.3 Å². The standard InChI is InChI=1S/C17H16BrN5O2S/c18-11-8-14(25-13-4-2-1-3-5-13)16(20-9-11)22-17-21-12(10-26-17)6-7-15(24)23-19/h1-5,8-10H,6-7,19H2,(H,23,24)(H,20,21,22). The first-order valence-corrected chi connectivity index (χ1v) is 9.40. The van der Waals surface area contributed by atoms with Crippen LogP contribution in [-0.4, -0.2) is 15.9 Å². The van der Waals surface area contributed by atoms with E-state index < -0.39 is 0 Å². The first-order chi connectivity index (χ1) is 12.6. The zero-order valence-corrected chi connectivity index (χ0v) is 16.0. The van der Waals surface area contributed by atoms with Gasteiger partial charge in [-0.1, -0.05) is 18.2 Å². The van der Waals surface area contributed by atoms with Gasteiger partial charge in [0, 0.05) is 28.5 Å². The third-order valence-electron chi connectivity index (χ3n) is 3.34. The number of ether oxygens (including phenoxy) is 1. The van der Waals surface area contributed by atoms with E-state index in [1.54, 1.807) is 6.20 Å². The average molecular weight is 434 g/mol. The summed E-state index contributed by atoms with van der Waals surface area (Å²) >= 11 is 4.84. The molecular weight excluding hydrogens is 418 g/mol. The van der Waals surface area contributed by atoms with Gasteiger partial charge in [0.1, 0.15) is 5.75 Å². The smallest absolute Gasteiger partial charge is 0.234 e. The molecule has 0 atom stereocenters. The molecule has 0 spiro atoms. The number of pyridine rings is 1. The van der Waals surface area contributed by atoms with Crippen molar-refractivity contribution in [3.63, 3.8) is 0 Å². The molecule has 0 saturated carbocycles. The van der Waals surface area contributed by atoms with Gasteiger partial charge in [0.2, 0.25) is 5.91 Å². The van der Waals surface area contributed by atoms with Crippen LogP contribution >= 0.6 is 27.3 Å². The number of anilines is 2. The van der Waals surface area contributed by atoms with Crippen LogP contribution in [0.4, 0.5) is 10.9 Å². The molecule has 0 aliphatic heterocycles. The number of nitrogens with two attached hydrogens (primary N) is 1. The number of carbonyl (C=O) groups is 1. The molecule has 3 rings (SSSR count). The van der Waals surface area contributed by atoms with E-state index >= 15 is 0 Å². The summed E-state index contributed by atoms with van der Waals surface area (Å²) in [5.41, 5.74) is 2.92. The van der Waals surface area contributed by atoms with Crippen molar-refractivity contribution in [2.24, 2.45) is 5.84 Å². The number of nitrogens with one attached hydrogen (secondary N) is 2. The molecule has 3 aromatic rings. The van der Waals surface area contributed by atoms with Crippen molar-refractivity contribution >= 4 is 44.1 Å². The molecule has 0 radical (unpaired) electrons. The second-order valence-corrected chi connectivity index (χ2v) is 7.03. The van der Waals surface area contributed by atoms with E-state index in [0.717, 1.165) is 10.2 Å². The monoisotopic (exact) mass is 433 g/mol. The van der Waals surface area contributed by atoms with Crippen LogP contribution < -0.4 is 21.3 Å². The summed E-state index contributed by atoms with van der Waals surface area (Å²) in [6.45, 7) is 0. The predicted octanol–water partition coefficient (Wildman–Crippen LogP) is 3.76. The van der Waals surface area contributed by atoms with Crippen molar-refractivity contribution in [2.75, 3.05) is 5.32 Å². The number of halogens is 1. The number of nitrogens with zero attached hydrogens (tertiary/aromatic N) is 2. The third kappa shape index (κ3) is 5.01. The molecule has 1 amide bonds. The van der Waals surface area contributed by atoms with Crippen LogP contribution in [0.15, 0.2) is 52.4 Å². The molecule has 0 saturated heterocycles. The molecule has 2 heterocycles. The lowest BCUT2D eigenvalue weighted by atomic mass is 10.2. The van der Waals surface area contributed by atoms with E-state index in [4.69, 9.17) is 10.6 Å². The second kappa shape index (κ2) is 8.75. The van der Waals surface area contributed by atoms with Gasteiger partial charge in [-0.25, -0.2) is 15.8 Å². The maximum absolute atomic E-state index is 11.2. The molecule has 26 heavy (non-hydrogen) atoms. The summed E-state index contributed by atoms with van der Waals surface area (Å²) in [6.07, 6.45) is 2.49. The van der Waals surface area contributed by atoms with Gasteiger partial charge in [0.15, 0.2) is 16.7 Å². The highest BCUT2D eigenvalue weighted by atomic mass is 79.9. The van der Waals surface area contributed by atoms with Crippen molar-refractivity contribution in [1.29, 1.82) is 0 Å². The Balaban J connectivity index is 1.73. The fourth-order valence-electron chi connectivity index (χ4n) is 2.10. The molecule has 2 aromatic heterocycles. The molecule has 7 nitrogen and oxygen atoms in total. The number of aromatic nitrogens is 2. The number of rotatable bonds is 7. The van der Waals surface area contributed by atoms with Gasteiger partial charge in [-0.05, 0) is 34.5 Å². The first-order valence-electron chi connectivity index (χ1n) is 7.73. The number of hydrogen-bond acceptors (Lipinski definition) is 7. The Morgan fingerprint density at radius 2 is 2.12 bits per heavy atom. The molecule has 4 N–H and O–H groups in total. The van der Waals surface area contributed by atoms with Crippen molar-refractivity contribution in [3.05, 3.63) is 58.1 Å². The van der Waals surface area contributed by atoms with Crippen molar-refractivity contribution in [3.8, 4) is 11.5 Å². The number of hydrazine groups is 1. The predicted molar refractivity (Wildman–Crippen MR) is 105 cm³/mol. The summed E-state index contributed by atoms with van der Waals surface area (Å²) in [5, 5.41) is 5.73. The Morgan fingerprint density at radius 3 is 2.88 bits per heavy atom. The average Bonchev–Trinajstić information content (AvgIpc) is 3.10. The van der Waals surface area contributed by atoms with E-state index in [0.29, 0.717) is 35.3 Å². The van der Waals surface area contributed by atoms with E-state index in [-0.39, 0.29) is 5.91 Å². The number of amides is 1. The highest BCUT2D eigenvalue weighted by Gasteiger charge is 2.11. The SMILES string of the molecule is NNC(=O)CCc1csc(Nc2ncc(Br)cc2Oc2ccccc2)n1. The highest BCUT2D eigenvalue weighted by Crippen LogP contribution is 2.33. The fraction of sp³-hybridized carbons (Fsp3) is 0.118. The minimum Gasteiger partial charge on any atom is -0.453 e. The Bertz CT molecular complexity index is 888. The molecule has 9 heteroatoms. The van der Waals surface area contributed by atoms with Crippen LogP contribution in [0.3, 0.4) is 0 Å². The topological polar surface area (TPSA) is 102 Å². The third-order valence-corrected chi connectivity index (χ3v) is 4.58. The van der Waals surface area contributed by atoms with E-state index in [1.807, 2.05) is 41.8 Å². The summed E-state index contributed by atoms with van der Waals surface area (Å²) < 4.78 is 6.72. The highest BCUT2D eigenvalue weighted by molar-refractivity contribution is 9.10. The molecule has 1 aromatic carbocycles. The van der Waals surface area contributed by atoms with Gasteiger partial charge < -0.3 is 10.1 Å². The maximum Gasteiger partial charge on any atom is 0.234 e. The zero-order valence-electron chi connectivity index (χ0n) is 13.6. The van der Waals surface area contributed by atoms with Gasteiger partial charge in [-0.15, -0.1) is 11.3 Å². The van der Waals surface area contributed by atoms with E-state index in [9.17, 15) is 4.79 Å². The van der Waals surface area contributed by atoms with Crippen LogP contribution in [-0.2, 0) is 11.2 Å². The lowest BCUT2D eigenvalue weighted by Gasteiger charge is -2.11. The zero-order chi connectivity index (χ0) is 18.4. The number of benzene rings is 1. The molecule has 0 aliphatic carbocycles. The van der Waals surface area contributed by atoms with Gasteiger partial charge in [0.25, 0.3) is 0 Å². The molecule has 0 aliphatic rings. The van der Waals surface area contributed by atoms with Gasteiger partial charge in [0.05, 0.1) is 5.69 Å². The minimum absolute atomic E-state index is 0.222. The van der Waals surface area contributed by atoms with E-state index in [2.05, 4.69) is 36.6 Å². The van der Waals surface area contributed by atoms with Crippen LogP contribution in [0.25, 0.3) is 0 Å². The fourth-order valence-corrected chi connectivity index (χ4v) is 3.16. The van der Waals surface area contributed by atoms with Crippen molar-refractivity contribution < 1.29 is 9.53 Å². The lowest BCUT2D eigenvalue weighted by Crippen LogP contribution is -2.30. The van der Waals surface area contributed by atoms with Crippen LogP contribution in [0, 0.1) is 0 Å². The summed E-state index contributed by atoms with van der Waals surface area (Å²) in [7, 11) is 0. The summed E-state index contributed by atoms with van der Waals surface area (Å²) in [4.78, 5) is 20.1. The Hall–Kier alpha value is -2.49. The molecule has 0 fully saturated rings. The Kier molecular flexibility index (Phi) is 6.16. The number of hydrogen-bond donors (Lipinski definition) is 3. The van der Waals surface area contributed by atoms with Crippen LogP contribution in [0.5, 0.6) is 11.5 Å². The molecule has 0 unspecified atom stereocenters. The number of thiazole rings is 1. The largest absolute Gasteiger partial charge is 0.453 e. The maximum atomic E-state index is 11.2. The summed E-state index contributed by atoms with van der Waals surface area (Å²) in [5.74, 6) is 6.70. The molecular formula is C17H16BrN5O2S. The normalized spacial score (nSPS) is 10.4. The van der Waals surface area contributed by atoms with Crippen LogP contribution in [0.2, 0.25) is 0 Å². The van der Waals surface area contributed by atoms with Gasteiger partial charge in [-0.3, -0.25) is 10.2 Å². The molecule has 134 valence electrons. The Morgan fingerprint density at radius 1 is 1.31 bits per heavy atom. The lowest BCUT2D eigenvalue weighted by molar-refractivity contribution is -0.121. The van der Waals surface area contributed by atoms with Crippen molar-refractivity contribution in [2.45, 2.75) is 12.8 Å². The number of carbonyl (C=O) groups excluding carboxylic acids is 1. The van der Waals surface area contributed by atoms with Gasteiger partial charge in [-0.2, -0.15) is 0 Å².